The van der Waals surface area contributed by atoms with Crippen LogP contribution in [0.2, 0.25) is 0 Å². The molecule has 3 atom stereocenters. The summed E-state index contributed by atoms with van der Waals surface area (Å²) in [5, 5.41) is 9.16. The Morgan fingerprint density at radius 2 is 1.97 bits per heavy atom. The summed E-state index contributed by atoms with van der Waals surface area (Å²) in [6, 6.07) is -0.0501. The van der Waals surface area contributed by atoms with Crippen molar-refractivity contribution in [2.75, 3.05) is 32.2 Å². The fourth-order valence-electron chi connectivity index (χ4n) is 3.54. The van der Waals surface area contributed by atoms with Crippen molar-refractivity contribution in [1.29, 1.82) is 0 Å². The van der Waals surface area contributed by atoms with Crippen molar-refractivity contribution in [2.45, 2.75) is 63.5 Å². The number of aryl methyl sites for hydroxylation is 1. The Morgan fingerprint density at radius 3 is 2.57 bits per heavy atom. The van der Waals surface area contributed by atoms with E-state index in [4.69, 9.17) is 14.2 Å². The number of hydrogen-bond acceptors (Lipinski definition) is 9. The van der Waals surface area contributed by atoms with Crippen LogP contribution in [0.1, 0.15) is 56.0 Å². The minimum Gasteiger partial charge on any atom is -0.382 e. The summed E-state index contributed by atoms with van der Waals surface area (Å²) in [4.78, 5) is 8.77. The van der Waals surface area contributed by atoms with E-state index >= 15 is 0 Å². The van der Waals surface area contributed by atoms with E-state index in [9.17, 15) is 0 Å². The molecule has 9 nitrogen and oxygen atoms in total. The van der Waals surface area contributed by atoms with Crippen LogP contribution in [-0.2, 0) is 20.6 Å². The zero-order chi connectivity index (χ0) is 21.5. The van der Waals surface area contributed by atoms with Gasteiger partial charge in [-0.2, -0.15) is 0 Å². The van der Waals surface area contributed by atoms with Gasteiger partial charge in [0.05, 0.1) is 36.7 Å². The summed E-state index contributed by atoms with van der Waals surface area (Å²) in [5.74, 6) is 1.50. The normalized spacial score (nSPS) is 20.1. The lowest BCUT2D eigenvalue weighted by molar-refractivity contribution is 0.0406. The average Bonchev–Trinajstić information content (AvgIpc) is 3.34. The van der Waals surface area contributed by atoms with Crippen LogP contribution >= 0.6 is 11.9 Å². The summed E-state index contributed by atoms with van der Waals surface area (Å²) >= 11 is 1.59. The average molecular weight is 437 g/mol. The molecule has 3 rings (SSSR count). The van der Waals surface area contributed by atoms with E-state index in [1.165, 1.54) is 0 Å². The van der Waals surface area contributed by atoms with Gasteiger partial charge in [0.25, 0.3) is 0 Å². The highest BCUT2D eigenvalue weighted by atomic mass is 32.2. The molecule has 2 aromatic rings. The number of nitrogens with one attached hydrogen (secondary N) is 1. The van der Waals surface area contributed by atoms with Gasteiger partial charge in [0.15, 0.2) is 5.82 Å². The van der Waals surface area contributed by atoms with Crippen molar-refractivity contribution < 1.29 is 14.2 Å². The molecule has 0 bridgehead atoms. The minimum absolute atomic E-state index is 0.0501. The van der Waals surface area contributed by atoms with Crippen molar-refractivity contribution >= 4 is 17.9 Å². The topological polar surface area (TPSA) is 96.2 Å². The Morgan fingerprint density at radius 1 is 1.20 bits per heavy atom. The molecule has 0 aliphatic carbocycles. The number of anilines is 1. The molecule has 3 heterocycles. The molecule has 0 saturated carbocycles. The van der Waals surface area contributed by atoms with Gasteiger partial charge in [-0.05, 0) is 38.6 Å². The molecule has 1 saturated heterocycles. The lowest BCUT2D eigenvalue weighted by Crippen LogP contribution is -2.24. The van der Waals surface area contributed by atoms with E-state index in [0.29, 0.717) is 19.2 Å². The van der Waals surface area contributed by atoms with Crippen LogP contribution in [0.3, 0.4) is 0 Å². The van der Waals surface area contributed by atoms with Crippen LogP contribution in [0.4, 0.5) is 5.95 Å². The lowest BCUT2D eigenvalue weighted by atomic mass is 10.2. The third-order valence-electron chi connectivity index (χ3n) is 5.01. The van der Waals surface area contributed by atoms with Gasteiger partial charge >= 0.3 is 0 Å². The van der Waals surface area contributed by atoms with Gasteiger partial charge in [0, 0.05) is 38.3 Å². The summed E-state index contributed by atoms with van der Waals surface area (Å²) in [6.45, 7) is 7.16. The number of aromatic nitrogens is 5. The minimum atomic E-state index is -0.0653. The fraction of sp³-hybridized carbons (Fsp3) is 0.700. The number of nitrogens with zero attached hydrogens (tertiary/aromatic N) is 5. The molecule has 0 aromatic carbocycles. The number of hydrogen-bond donors (Lipinski definition) is 1. The lowest BCUT2D eigenvalue weighted by Gasteiger charge is -2.23. The molecule has 1 fully saturated rings. The first-order valence-corrected chi connectivity index (χ1v) is 11.2. The second kappa shape index (κ2) is 11.0. The Balaban J connectivity index is 1.73. The molecule has 1 aliphatic heterocycles. The Bertz CT molecular complexity index is 781. The highest BCUT2D eigenvalue weighted by Crippen LogP contribution is 2.34. The number of methoxy groups -OCH3 is 2. The SMILES string of the molecule is COCC(COC)n1c(NSC(C)Cc2cnc(C)cn2)nnc1C1CCC(C)O1. The fourth-order valence-corrected chi connectivity index (χ4v) is 4.24. The molecule has 2 aromatic heterocycles. The first-order valence-electron chi connectivity index (χ1n) is 10.3. The van der Waals surface area contributed by atoms with Gasteiger partial charge in [0.2, 0.25) is 5.95 Å². The zero-order valence-electron chi connectivity index (χ0n) is 18.4. The van der Waals surface area contributed by atoms with E-state index in [2.05, 4.69) is 43.3 Å². The van der Waals surface area contributed by atoms with Crippen LogP contribution in [0.25, 0.3) is 0 Å². The monoisotopic (exact) mass is 436 g/mol. The Hall–Kier alpha value is -1.75. The van der Waals surface area contributed by atoms with E-state index in [0.717, 1.165) is 36.5 Å². The maximum atomic E-state index is 6.07. The third-order valence-corrected chi connectivity index (χ3v) is 5.88. The molecule has 10 heteroatoms. The summed E-state index contributed by atoms with van der Waals surface area (Å²) in [6.07, 6.45) is 6.54. The molecule has 1 aliphatic rings. The van der Waals surface area contributed by atoms with Gasteiger partial charge in [0.1, 0.15) is 6.10 Å². The number of ether oxygens (including phenoxy) is 3. The van der Waals surface area contributed by atoms with Crippen LogP contribution in [0.15, 0.2) is 12.4 Å². The highest BCUT2D eigenvalue weighted by molar-refractivity contribution is 8.01. The van der Waals surface area contributed by atoms with Gasteiger partial charge in [-0.1, -0.05) is 6.92 Å². The maximum absolute atomic E-state index is 6.07. The quantitative estimate of drug-likeness (QED) is 0.533. The standard InChI is InChI=1S/C20H32N6O3S/c1-13-9-22-16(10-21-13)8-15(3)30-25-20-24-23-19(18-7-6-14(2)29-18)26(20)17(11-27-4)12-28-5/h9-10,14-15,17-18H,6-8,11-12H2,1-5H3,(H,24,25). The molecule has 0 amide bonds. The molecule has 1 N–H and O–H groups in total. The zero-order valence-corrected chi connectivity index (χ0v) is 19.2. The molecule has 166 valence electrons. The predicted octanol–water partition coefficient (Wildman–Crippen LogP) is 3.14. The molecule has 3 unspecified atom stereocenters. The second-order valence-electron chi connectivity index (χ2n) is 7.71. The van der Waals surface area contributed by atoms with Gasteiger partial charge in [-0.3, -0.25) is 19.3 Å². The highest BCUT2D eigenvalue weighted by Gasteiger charge is 2.31. The molecular formula is C20H32N6O3S. The third kappa shape index (κ3) is 5.90. The van der Waals surface area contributed by atoms with Crippen LogP contribution in [0, 0.1) is 6.92 Å². The van der Waals surface area contributed by atoms with Crippen molar-refractivity contribution in [3.63, 3.8) is 0 Å². The molecule has 0 spiro atoms. The Labute approximate surface area is 182 Å². The van der Waals surface area contributed by atoms with Crippen molar-refractivity contribution in [3.8, 4) is 0 Å². The van der Waals surface area contributed by atoms with Gasteiger partial charge < -0.3 is 14.2 Å². The Kier molecular flexibility index (Phi) is 8.43. The van der Waals surface area contributed by atoms with Crippen molar-refractivity contribution in [3.05, 3.63) is 29.6 Å². The van der Waals surface area contributed by atoms with Crippen LogP contribution in [0.5, 0.6) is 0 Å². The van der Waals surface area contributed by atoms with Crippen molar-refractivity contribution in [1.82, 2.24) is 24.7 Å². The summed E-state index contributed by atoms with van der Waals surface area (Å²) in [7, 11) is 3.38. The van der Waals surface area contributed by atoms with E-state index in [1.54, 1.807) is 32.4 Å². The molecule has 0 radical (unpaired) electrons. The van der Waals surface area contributed by atoms with Crippen LogP contribution < -0.4 is 4.72 Å². The van der Waals surface area contributed by atoms with E-state index in [-0.39, 0.29) is 23.5 Å². The number of rotatable bonds is 11. The van der Waals surface area contributed by atoms with Gasteiger partial charge in [-0.15, -0.1) is 10.2 Å². The first kappa shape index (κ1) is 22.9. The second-order valence-corrected chi connectivity index (χ2v) is 8.96. The summed E-state index contributed by atoms with van der Waals surface area (Å²) in [5.41, 5.74) is 1.89. The predicted molar refractivity (Wildman–Crippen MR) is 116 cm³/mol. The molecule has 30 heavy (non-hydrogen) atoms. The maximum Gasteiger partial charge on any atom is 0.235 e. The van der Waals surface area contributed by atoms with Crippen molar-refractivity contribution in [2.24, 2.45) is 0 Å². The summed E-state index contributed by atoms with van der Waals surface area (Å²) < 4.78 is 22.4. The molecular weight excluding hydrogens is 404 g/mol. The smallest absolute Gasteiger partial charge is 0.235 e. The van der Waals surface area contributed by atoms with Crippen LogP contribution in [-0.4, -0.2) is 63.5 Å². The van der Waals surface area contributed by atoms with E-state index < -0.39 is 0 Å². The van der Waals surface area contributed by atoms with Gasteiger partial charge in [-0.25, -0.2) is 0 Å². The first-order chi connectivity index (χ1) is 14.5. The largest absolute Gasteiger partial charge is 0.382 e. The van der Waals surface area contributed by atoms with E-state index in [1.807, 2.05) is 13.1 Å².